The van der Waals surface area contributed by atoms with E-state index in [0.717, 1.165) is 42.5 Å². The summed E-state index contributed by atoms with van der Waals surface area (Å²) in [5, 5.41) is 5.54. The zero-order valence-corrected chi connectivity index (χ0v) is 15.5. The lowest BCUT2D eigenvalue weighted by Gasteiger charge is -2.23. The van der Waals surface area contributed by atoms with Gasteiger partial charge in [-0.25, -0.2) is 0 Å². The molecule has 0 bridgehead atoms. The summed E-state index contributed by atoms with van der Waals surface area (Å²) >= 11 is 0. The molecule has 0 radical (unpaired) electrons. The van der Waals surface area contributed by atoms with Gasteiger partial charge in [0.05, 0.1) is 12.5 Å². The molecule has 1 saturated carbocycles. The molecule has 6 nitrogen and oxygen atoms in total. The summed E-state index contributed by atoms with van der Waals surface area (Å²) in [6, 6.07) is 6.11. The fourth-order valence-electron chi connectivity index (χ4n) is 3.98. The van der Waals surface area contributed by atoms with Crippen LogP contribution in [0.4, 0.5) is 5.69 Å². The van der Waals surface area contributed by atoms with E-state index in [4.69, 9.17) is 0 Å². The third-order valence-electron chi connectivity index (χ3n) is 5.46. The molecule has 1 aromatic carbocycles. The summed E-state index contributed by atoms with van der Waals surface area (Å²) in [6.45, 7) is 4.26. The second-order valence-corrected chi connectivity index (χ2v) is 7.42. The molecule has 0 aromatic heterocycles. The third-order valence-corrected chi connectivity index (χ3v) is 5.46. The number of likely N-dealkylation sites (tertiary alicyclic amines) is 1. The Morgan fingerprint density at radius 3 is 2.46 bits per heavy atom. The van der Waals surface area contributed by atoms with Gasteiger partial charge in [-0.2, -0.15) is 0 Å². The van der Waals surface area contributed by atoms with E-state index in [9.17, 15) is 14.4 Å². The molecular weight excluding hydrogens is 330 g/mol. The molecule has 2 aliphatic rings. The van der Waals surface area contributed by atoms with E-state index in [1.807, 2.05) is 36.9 Å². The largest absolute Gasteiger partial charge is 0.347 e. The van der Waals surface area contributed by atoms with E-state index in [1.54, 1.807) is 0 Å². The summed E-state index contributed by atoms with van der Waals surface area (Å²) in [6.07, 6.45) is 4.64. The molecule has 1 heterocycles. The molecule has 26 heavy (non-hydrogen) atoms. The molecule has 1 unspecified atom stereocenters. The van der Waals surface area contributed by atoms with Crippen LogP contribution in [0.1, 0.15) is 43.2 Å². The highest BCUT2D eigenvalue weighted by Crippen LogP contribution is 2.29. The minimum Gasteiger partial charge on any atom is -0.347 e. The number of carbonyl (C=O) groups is 3. The number of aryl methyl sites for hydroxylation is 2. The molecule has 1 aliphatic carbocycles. The molecule has 1 aliphatic heterocycles. The second-order valence-electron chi connectivity index (χ2n) is 7.42. The number of nitrogens with one attached hydrogen (secondary N) is 2. The Kier molecular flexibility index (Phi) is 5.59. The Bertz CT molecular complexity index is 690. The van der Waals surface area contributed by atoms with E-state index in [0.29, 0.717) is 12.6 Å². The summed E-state index contributed by atoms with van der Waals surface area (Å²) in [5.74, 6) is -0.753. The molecular formula is C20H27N3O3. The van der Waals surface area contributed by atoms with Crippen molar-refractivity contribution in [2.45, 2.75) is 52.0 Å². The number of nitrogens with zero attached hydrogens (tertiary/aromatic N) is 1. The first-order valence-corrected chi connectivity index (χ1v) is 9.39. The average molecular weight is 357 g/mol. The smallest absolute Gasteiger partial charge is 0.243 e. The molecule has 2 fully saturated rings. The Labute approximate surface area is 154 Å². The number of hydrogen-bond acceptors (Lipinski definition) is 3. The maximum absolute atomic E-state index is 12.4. The Morgan fingerprint density at radius 1 is 1.15 bits per heavy atom. The van der Waals surface area contributed by atoms with E-state index in [1.165, 1.54) is 0 Å². The van der Waals surface area contributed by atoms with Crippen molar-refractivity contribution in [3.63, 3.8) is 0 Å². The maximum Gasteiger partial charge on any atom is 0.243 e. The highest BCUT2D eigenvalue weighted by atomic mass is 16.2. The van der Waals surface area contributed by atoms with Crippen molar-refractivity contribution in [3.8, 4) is 0 Å². The lowest BCUT2D eigenvalue weighted by Crippen LogP contribution is -2.39. The van der Waals surface area contributed by atoms with Crippen molar-refractivity contribution in [1.29, 1.82) is 0 Å². The standard InChI is InChI=1S/C20H27N3O3/c1-13-6-5-7-14(2)19(13)22-17(24)11-21-20(26)15-10-18(25)23(12-15)16-8-3-4-9-16/h5-7,15-16H,3-4,8-12H2,1-2H3,(H,21,26)(H,22,24). The average Bonchev–Trinajstić information content (AvgIpc) is 3.25. The zero-order valence-electron chi connectivity index (χ0n) is 15.5. The number of amides is 3. The minimum atomic E-state index is -0.351. The lowest BCUT2D eigenvalue weighted by molar-refractivity contribution is -0.130. The van der Waals surface area contributed by atoms with Gasteiger partial charge >= 0.3 is 0 Å². The number of hydrogen-bond donors (Lipinski definition) is 2. The molecule has 3 amide bonds. The zero-order chi connectivity index (χ0) is 18.7. The fourth-order valence-corrected chi connectivity index (χ4v) is 3.98. The van der Waals surface area contributed by atoms with Crippen LogP contribution in [0.5, 0.6) is 0 Å². The Balaban J connectivity index is 1.49. The molecule has 140 valence electrons. The van der Waals surface area contributed by atoms with Crippen LogP contribution in [0.2, 0.25) is 0 Å². The van der Waals surface area contributed by atoms with Crippen molar-refractivity contribution in [2.24, 2.45) is 5.92 Å². The lowest BCUT2D eigenvalue weighted by atomic mass is 10.1. The highest BCUT2D eigenvalue weighted by molar-refractivity contribution is 5.97. The molecule has 0 spiro atoms. The van der Waals surface area contributed by atoms with Gasteiger partial charge in [-0.1, -0.05) is 31.0 Å². The summed E-state index contributed by atoms with van der Waals surface area (Å²) in [5.41, 5.74) is 2.76. The van der Waals surface area contributed by atoms with Crippen molar-refractivity contribution in [3.05, 3.63) is 29.3 Å². The van der Waals surface area contributed by atoms with Crippen molar-refractivity contribution >= 4 is 23.4 Å². The number of para-hydroxylation sites is 1. The first-order valence-electron chi connectivity index (χ1n) is 9.39. The summed E-state index contributed by atoms with van der Waals surface area (Å²) < 4.78 is 0. The molecule has 2 N–H and O–H groups in total. The van der Waals surface area contributed by atoms with Gasteiger partial charge in [0.15, 0.2) is 0 Å². The number of benzene rings is 1. The first-order chi connectivity index (χ1) is 12.5. The summed E-state index contributed by atoms with van der Waals surface area (Å²) in [7, 11) is 0. The molecule has 3 rings (SSSR count). The van der Waals surface area contributed by atoms with Crippen molar-refractivity contribution in [2.75, 3.05) is 18.4 Å². The predicted octanol–water partition coefficient (Wildman–Crippen LogP) is 2.15. The fraction of sp³-hybridized carbons (Fsp3) is 0.550. The van der Waals surface area contributed by atoms with Crippen LogP contribution in [-0.2, 0) is 14.4 Å². The first kappa shape index (κ1) is 18.4. The van der Waals surface area contributed by atoms with E-state index in [2.05, 4.69) is 10.6 Å². The number of rotatable bonds is 5. The van der Waals surface area contributed by atoms with E-state index < -0.39 is 0 Å². The van der Waals surface area contributed by atoms with Crippen molar-refractivity contribution < 1.29 is 14.4 Å². The molecule has 1 saturated heterocycles. The molecule has 1 atom stereocenters. The monoisotopic (exact) mass is 357 g/mol. The highest BCUT2D eigenvalue weighted by Gasteiger charge is 2.38. The number of carbonyl (C=O) groups excluding carboxylic acids is 3. The van der Waals surface area contributed by atoms with Gasteiger partial charge in [0.25, 0.3) is 0 Å². The Morgan fingerprint density at radius 2 is 1.81 bits per heavy atom. The predicted molar refractivity (Wildman–Crippen MR) is 99.6 cm³/mol. The normalized spacial score (nSPS) is 20.5. The van der Waals surface area contributed by atoms with Crippen LogP contribution >= 0.6 is 0 Å². The van der Waals surface area contributed by atoms with Gasteiger partial charge in [0.1, 0.15) is 0 Å². The van der Waals surface area contributed by atoms with Gasteiger partial charge in [-0.05, 0) is 37.8 Å². The minimum absolute atomic E-state index is 0.0667. The van der Waals surface area contributed by atoms with E-state index >= 15 is 0 Å². The van der Waals surface area contributed by atoms with Crippen LogP contribution < -0.4 is 10.6 Å². The SMILES string of the molecule is Cc1cccc(C)c1NC(=O)CNC(=O)C1CC(=O)N(C2CCCC2)C1. The quantitative estimate of drug-likeness (QED) is 0.847. The van der Waals surface area contributed by atoms with Gasteiger partial charge in [0.2, 0.25) is 17.7 Å². The second kappa shape index (κ2) is 7.89. The van der Waals surface area contributed by atoms with Gasteiger partial charge in [0, 0.05) is 24.7 Å². The van der Waals surface area contributed by atoms with E-state index in [-0.39, 0.29) is 36.6 Å². The van der Waals surface area contributed by atoms with Crippen molar-refractivity contribution in [1.82, 2.24) is 10.2 Å². The van der Waals surface area contributed by atoms with Gasteiger partial charge < -0.3 is 15.5 Å². The Hall–Kier alpha value is -2.37. The van der Waals surface area contributed by atoms with Crippen LogP contribution in [0.25, 0.3) is 0 Å². The van der Waals surface area contributed by atoms with Gasteiger partial charge in [-0.15, -0.1) is 0 Å². The molecule has 1 aromatic rings. The van der Waals surface area contributed by atoms with Crippen LogP contribution in [0.15, 0.2) is 18.2 Å². The summed E-state index contributed by atoms with van der Waals surface area (Å²) in [4.78, 5) is 38.6. The topological polar surface area (TPSA) is 78.5 Å². The third kappa shape index (κ3) is 4.06. The van der Waals surface area contributed by atoms with Gasteiger partial charge in [-0.3, -0.25) is 14.4 Å². The van der Waals surface area contributed by atoms with Crippen LogP contribution in [-0.4, -0.2) is 41.8 Å². The molecule has 6 heteroatoms. The van der Waals surface area contributed by atoms with Crippen LogP contribution in [0, 0.1) is 19.8 Å². The maximum atomic E-state index is 12.4. The number of anilines is 1. The van der Waals surface area contributed by atoms with Crippen LogP contribution in [0.3, 0.4) is 0 Å².